The summed E-state index contributed by atoms with van der Waals surface area (Å²) in [6, 6.07) is 7.46. The van der Waals surface area contributed by atoms with Crippen molar-refractivity contribution >= 4 is 5.84 Å². The highest BCUT2D eigenvalue weighted by molar-refractivity contribution is 5.96. The number of nitrogens with zero attached hydrogens (tertiary/aromatic N) is 2. The van der Waals surface area contributed by atoms with Crippen molar-refractivity contribution in [1.82, 2.24) is 4.98 Å². The van der Waals surface area contributed by atoms with Crippen LogP contribution in [0.5, 0.6) is 11.6 Å². The van der Waals surface area contributed by atoms with Gasteiger partial charge < -0.3 is 15.7 Å². The average Bonchev–Trinajstić information content (AvgIpc) is 2.47. The van der Waals surface area contributed by atoms with Crippen molar-refractivity contribution in [2.24, 2.45) is 10.9 Å². The SMILES string of the molecule is Cc1ccc(C)c(Oc2ccc(/C(N)=N/O)cn2)c1C. The molecule has 0 bridgehead atoms. The van der Waals surface area contributed by atoms with Crippen LogP contribution >= 0.6 is 0 Å². The summed E-state index contributed by atoms with van der Waals surface area (Å²) < 4.78 is 5.83. The molecule has 2 rings (SSSR count). The highest BCUT2D eigenvalue weighted by Gasteiger charge is 2.09. The van der Waals surface area contributed by atoms with Crippen LogP contribution < -0.4 is 10.5 Å². The Hall–Kier alpha value is -2.56. The highest BCUT2D eigenvalue weighted by atomic mass is 16.5. The smallest absolute Gasteiger partial charge is 0.219 e. The maximum atomic E-state index is 8.60. The molecule has 0 aliphatic heterocycles. The first-order valence-electron chi connectivity index (χ1n) is 6.21. The predicted molar refractivity (Wildman–Crippen MR) is 77.5 cm³/mol. The van der Waals surface area contributed by atoms with Gasteiger partial charge in [0, 0.05) is 17.8 Å². The molecule has 5 nitrogen and oxygen atoms in total. The summed E-state index contributed by atoms with van der Waals surface area (Å²) in [5.41, 5.74) is 9.33. The van der Waals surface area contributed by atoms with Crippen LogP contribution in [0.1, 0.15) is 22.3 Å². The Morgan fingerprint density at radius 3 is 2.45 bits per heavy atom. The second kappa shape index (κ2) is 5.61. The fourth-order valence-electron chi connectivity index (χ4n) is 1.84. The first kappa shape index (κ1) is 13.9. The number of hydrogen-bond acceptors (Lipinski definition) is 4. The molecule has 0 unspecified atom stereocenters. The Morgan fingerprint density at radius 2 is 1.85 bits per heavy atom. The van der Waals surface area contributed by atoms with Crippen LogP contribution in [0.2, 0.25) is 0 Å². The van der Waals surface area contributed by atoms with E-state index in [9.17, 15) is 0 Å². The maximum absolute atomic E-state index is 8.60. The molecule has 1 heterocycles. The van der Waals surface area contributed by atoms with Gasteiger partial charge in [0.1, 0.15) is 5.75 Å². The summed E-state index contributed by atoms with van der Waals surface area (Å²) in [4.78, 5) is 4.16. The van der Waals surface area contributed by atoms with E-state index in [1.54, 1.807) is 12.1 Å². The monoisotopic (exact) mass is 271 g/mol. The van der Waals surface area contributed by atoms with Crippen molar-refractivity contribution in [1.29, 1.82) is 0 Å². The van der Waals surface area contributed by atoms with E-state index in [1.165, 1.54) is 11.8 Å². The second-order valence-electron chi connectivity index (χ2n) is 4.63. The Balaban J connectivity index is 2.29. The summed E-state index contributed by atoms with van der Waals surface area (Å²) in [5, 5.41) is 11.5. The number of oxime groups is 1. The maximum Gasteiger partial charge on any atom is 0.219 e. The lowest BCUT2D eigenvalue weighted by Crippen LogP contribution is -2.13. The molecule has 20 heavy (non-hydrogen) atoms. The van der Waals surface area contributed by atoms with Crippen LogP contribution in [0.25, 0.3) is 0 Å². The summed E-state index contributed by atoms with van der Waals surface area (Å²) in [6.45, 7) is 6.05. The fraction of sp³-hybridized carbons (Fsp3) is 0.200. The van der Waals surface area contributed by atoms with Gasteiger partial charge in [0.2, 0.25) is 5.88 Å². The molecule has 0 aliphatic carbocycles. The van der Waals surface area contributed by atoms with E-state index in [1.807, 2.05) is 26.8 Å². The zero-order valence-corrected chi connectivity index (χ0v) is 11.7. The van der Waals surface area contributed by atoms with Gasteiger partial charge in [-0.05, 0) is 43.5 Å². The van der Waals surface area contributed by atoms with Crippen molar-refractivity contribution in [2.45, 2.75) is 20.8 Å². The molecule has 1 aromatic heterocycles. The van der Waals surface area contributed by atoms with E-state index in [2.05, 4.69) is 16.2 Å². The molecule has 0 aliphatic rings. The van der Waals surface area contributed by atoms with Gasteiger partial charge >= 0.3 is 0 Å². The number of hydrogen-bond donors (Lipinski definition) is 2. The van der Waals surface area contributed by atoms with E-state index in [-0.39, 0.29) is 5.84 Å². The fourth-order valence-corrected chi connectivity index (χ4v) is 1.84. The van der Waals surface area contributed by atoms with Gasteiger partial charge in [-0.15, -0.1) is 0 Å². The molecule has 0 saturated carbocycles. The molecule has 104 valence electrons. The zero-order chi connectivity index (χ0) is 14.7. The van der Waals surface area contributed by atoms with Gasteiger partial charge in [-0.2, -0.15) is 0 Å². The van der Waals surface area contributed by atoms with Gasteiger partial charge in [-0.25, -0.2) is 4.98 Å². The minimum atomic E-state index is 0.0203. The van der Waals surface area contributed by atoms with Crippen LogP contribution in [0.3, 0.4) is 0 Å². The quantitative estimate of drug-likeness (QED) is 0.389. The molecule has 5 heteroatoms. The first-order valence-corrected chi connectivity index (χ1v) is 6.21. The molecule has 0 atom stereocenters. The minimum absolute atomic E-state index is 0.0203. The third kappa shape index (κ3) is 2.71. The molecule has 0 spiro atoms. The van der Waals surface area contributed by atoms with Crippen LogP contribution in [-0.2, 0) is 0 Å². The molecule has 2 aromatic rings. The molecule has 3 N–H and O–H groups in total. The third-order valence-corrected chi connectivity index (χ3v) is 3.22. The number of aryl methyl sites for hydroxylation is 2. The Morgan fingerprint density at radius 1 is 1.15 bits per heavy atom. The number of ether oxygens (including phenoxy) is 1. The Labute approximate surface area is 117 Å². The third-order valence-electron chi connectivity index (χ3n) is 3.22. The van der Waals surface area contributed by atoms with Crippen molar-refractivity contribution in [3.8, 4) is 11.6 Å². The lowest BCUT2D eigenvalue weighted by atomic mass is 10.1. The van der Waals surface area contributed by atoms with E-state index in [0.29, 0.717) is 11.4 Å². The topological polar surface area (TPSA) is 80.7 Å². The summed E-state index contributed by atoms with van der Waals surface area (Å²) >= 11 is 0. The number of nitrogens with two attached hydrogens (primary N) is 1. The van der Waals surface area contributed by atoms with E-state index in [0.717, 1.165) is 16.9 Å². The van der Waals surface area contributed by atoms with Gasteiger partial charge in [0.15, 0.2) is 5.84 Å². The normalized spacial score (nSPS) is 11.4. The standard InChI is InChI=1S/C15H17N3O2/c1-9-4-5-10(2)14(11(9)3)20-13-7-6-12(8-17-13)15(16)18-19/h4-8,19H,1-3H3,(H2,16,18). The number of rotatable bonds is 3. The van der Waals surface area contributed by atoms with Crippen LogP contribution in [-0.4, -0.2) is 16.0 Å². The molecular formula is C15H17N3O2. The summed E-state index contributed by atoms with van der Waals surface area (Å²) in [7, 11) is 0. The molecule has 0 fully saturated rings. The number of pyridine rings is 1. The second-order valence-corrected chi connectivity index (χ2v) is 4.63. The van der Waals surface area contributed by atoms with E-state index >= 15 is 0 Å². The van der Waals surface area contributed by atoms with Crippen LogP contribution in [0, 0.1) is 20.8 Å². The summed E-state index contributed by atoms with van der Waals surface area (Å²) in [6.07, 6.45) is 1.50. The largest absolute Gasteiger partial charge is 0.438 e. The number of amidine groups is 1. The molecule has 0 saturated heterocycles. The zero-order valence-electron chi connectivity index (χ0n) is 11.7. The van der Waals surface area contributed by atoms with Crippen LogP contribution in [0.15, 0.2) is 35.6 Å². The molecule has 0 amide bonds. The predicted octanol–water partition coefficient (Wildman–Crippen LogP) is 2.89. The Kier molecular flexibility index (Phi) is 3.89. The van der Waals surface area contributed by atoms with E-state index < -0.39 is 0 Å². The lowest BCUT2D eigenvalue weighted by Gasteiger charge is -2.13. The van der Waals surface area contributed by atoms with Crippen molar-refractivity contribution < 1.29 is 9.94 Å². The average molecular weight is 271 g/mol. The number of aromatic nitrogens is 1. The van der Waals surface area contributed by atoms with Gasteiger partial charge in [-0.1, -0.05) is 17.3 Å². The minimum Gasteiger partial charge on any atom is -0.438 e. The number of benzene rings is 1. The van der Waals surface area contributed by atoms with E-state index in [4.69, 9.17) is 15.7 Å². The molecular weight excluding hydrogens is 254 g/mol. The molecule has 1 aromatic carbocycles. The Bertz CT molecular complexity index is 649. The first-order chi connectivity index (χ1) is 9.52. The van der Waals surface area contributed by atoms with Crippen molar-refractivity contribution in [3.05, 3.63) is 52.7 Å². The highest BCUT2D eigenvalue weighted by Crippen LogP contribution is 2.29. The van der Waals surface area contributed by atoms with Crippen LogP contribution in [0.4, 0.5) is 0 Å². The lowest BCUT2D eigenvalue weighted by molar-refractivity contribution is 0.318. The van der Waals surface area contributed by atoms with Crippen molar-refractivity contribution in [2.75, 3.05) is 0 Å². The van der Waals surface area contributed by atoms with Gasteiger partial charge in [-0.3, -0.25) is 0 Å². The van der Waals surface area contributed by atoms with Gasteiger partial charge in [0.25, 0.3) is 0 Å². The molecule has 0 radical (unpaired) electrons. The van der Waals surface area contributed by atoms with Gasteiger partial charge in [0.05, 0.1) is 0 Å². The summed E-state index contributed by atoms with van der Waals surface area (Å²) in [5.74, 6) is 1.30. The van der Waals surface area contributed by atoms with Crippen molar-refractivity contribution in [3.63, 3.8) is 0 Å².